The molecular weight excluding hydrogens is 428 g/mol. The van der Waals surface area contributed by atoms with Crippen molar-refractivity contribution in [2.24, 2.45) is 0 Å². The first kappa shape index (κ1) is 23.2. The molecule has 1 saturated heterocycles. The molecule has 0 N–H and O–H groups in total. The zero-order valence-corrected chi connectivity index (χ0v) is 19.6. The summed E-state index contributed by atoms with van der Waals surface area (Å²) in [4.78, 5) is 43.1. The van der Waals surface area contributed by atoms with Crippen LogP contribution in [-0.2, 0) is 9.59 Å². The molecule has 0 saturated carbocycles. The molecule has 0 spiro atoms. The van der Waals surface area contributed by atoms with Gasteiger partial charge in [0.2, 0.25) is 5.91 Å². The molecule has 1 heterocycles. The van der Waals surface area contributed by atoms with Crippen molar-refractivity contribution in [2.45, 2.75) is 39.3 Å². The van der Waals surface area contributed by atoms with Gasteiger partial charge in [-0.05, 0) is 62.7 Å². The maximum Gasteiger partial charge on any atom is 0.257 e. The van der Waals surface area contributed by atoms with Gasteiger partial charge in [-0.3, -0.25) is 14.4 Å². The molecule has 34 heavy (non-hydrogen) atoms. The van der Waals surface area contributed by atoms with Crippen LogP contribution in [0.4, 0.5) is 5.69 Å². The number of carbonyl (C=O) groups is 3. The van der Waals surface area contributed by atoms with E-state index in [2.05, 4.69) is 0 Å². The summed E-state index contributed by atoms with van der Waals surface area (Å²) < 4.78 is 5.47. The van der Waals surface area contributed by atoms with Gasteiger partial charge in [-0.2, -0.15) is 0 Å². The van der Waals surface area contributed by atoms with Crippen LogP contribution in [0.5, 0.6) is 5.75 Å². The minimum atomic E-state index is -0.901. The van der Waals surface area contributed by atoms with Crippen molar-refractivity contribution >= 4 is 23.4 Å². The summed E-state index contributed by atoms with van der Waals surface area (Å²) in [7, 11) is 0. The minimum Gasteiger partial charge on any atom is -0.494 e. The molecule has 174 valence electrons. The Bertz CT molecular complexity index is 1190. The normalized spacial score (nSPS) is 16.4. The minimum absolute atomic E-state index is 0.0687. The molecule has 4 rings (SSSR count). The maximum atomic E-state index is 13.7. The third-order valence-electron chi connectivity index (χ3n) is 6.06. The number of carbonyl (C=O) groups excluding carboxylic acids is 3. The number of hydrogen-bond donors (Lipinski definition) is 0. The van der Waals surface area contributed by atoms with E-state index in [0.29, 0.717) is 23.6 Å². The van der Waals surface area contributed by atoms with Gasteiger partial charge in [-0.25, -0.2) is 4.90 Å². The standard InChI is InChI=1S/C28H28N2O4/c1-4-34-24-15-13-23(14-16-24)30-26(31)18-25(28(30)33)29(20(3)21-10-6-5-7-11-21)27(32)22-12-8-9-19(2)17-22/h5-17,20,25H,4,18H2,1-3H3. The zero-order chi connectivity index (χ0) is 24.2. The Labute approximate surface area is 199 Å². The second-order valence-electron chi connectivity index (χ2n) is 8.38. The van der Waals surface area contributed by atoms with E-state index < -0.39 is 18.0 Å². The lowest BCUT2D eigenvalue weighted by Gasteiger charge is -2.33. The van der Waals surface area contributed by atoms with Gasteiger partial charge in [0.1, 0.15) is 11.8 Å². The number of anilines is 1. The number of rotatable bonds is 7. The Morgan fingerprint density at radius 3 is 2.38 bits per heavy atom. The van der Waals surface area contributed by atoms with Crippen molar-refractivity contribution in [1.29, 1.82) is 0 Å². The summed E-state index contributed by atoms with van der Waals surface area (Å²) in [6, 6.07) is 22.4. The molecule has 0 aliphatic carbocycles. The lowest BCUT2D eigenvalue weighted by molar-refractivity contribution is -0.122. The van der Waals surface area contributed by atoms with E-state index in [1.54, 1.807) is 41.3 Å². The summed E-state index contributed by atoms with van der Waals surface area (Å²) in [5.74, 6) is -0.352. The molecule has 0 aromatic heterocycles. The molecule has 6 heteroatoms. The first-order valence-corrected chi connectivity index (χ1v) is 11.4. The Morgan fingerprint density at radius 1 is 1.03 bits per heavy atom. The molecule has 3 aromatic rings. The molecule has 1 aliphatic heterocycles. The SMILES string of the molecule is CCOc1ccc(N2C(=O)CC(N(C(=O)c3cccc(C)c3)C(C)c3ccccc3)C2=O)cc1. The molecule has 3 amide bonds. The van der Waals surface area contributed by atoms with Gasteiger partial charge >= 0.3 is 0 Å². The predicted molar refractivity (Wildman–Crippen MR) is 131 cm³/mol. The third kappa shape index (κ3) is 4.57. The van der Waals surface area contributed by atoms with E-state index in [4.69, 9.17) is 4.74 Å². The molecule has 2 unspecified atom stereocenters. The lowest BCUT2D eigenvalue weighted by atomic mass is 10.0. The Morgan fingerprint density at radius 2 is 1.74 bits per heavy atom. The van der Waals surface area contributed by atoms with Crippen molar-refractivity contribution in [3.63, 3.8) is 0 Å². The molecule has 0 bridgehead atoms. The van der Waals surface area contributed by atoms with Gasteiger partial charge < -0.3 is 9.64 Å². The number of imide groups is 1. The number of ether oxygens (including phenoxy) is 1. The van der Waals surface area contributed by atoms with Crippen molar-refractivity contribution < 1.29 is 19.1 Å². The van der Waals surface area contributed by atoms with Gasteiger partial charge in [-0.1, -0.05) is 48.0 Å². The highest BCUT2D eigenvalue weighted by Crippen LogP contribution is 2.33. The summed E-state index contributed by atoms with van der Waals surface area (Å²) in [6.45, 7) is 6.22. The van der Waals surface area contributed by atoms with Crippen LogP contribution in [0.1, 0.15) is 47.8 Å². The van der Waals surface area contributed by atoms with Crippen LogP contribution < -0.4 is 9.64 Å². The molecule has 2 atom stereocenters. The molecule has 3 aromatic carbocycles. The highest BCUT2D eigenvalue weighted by Gasteiger charge is 2.46. The average Bonchev–Trinajstić information content (AvgIpc) is 3.13. The van der Waals surface area contributed by atoms with Gasteiger partial charge in [0.15, 0.2) is 0 Å². The van der Waals surface area contributed by atoms with Crippen LogP contribution in [0.25, 0.3) is 0 Å². The smallest absolute Gasteiger partial charge is 0.257 e. The van der Waals surface area contributed by atoms with Crippen LogP contribution in [0.3, 0.4) is 0 Å². The number of benzene rings is 3. The zero-order valence-electron chi connectivity index (χ0n) is 19.6. The monoisotopic (exact) mass is 456 g/mol. The number of nitrogens with zero attached hydrogens (tertiary/aromatic N) is 2. The number of amides is 3. The fourth-order valence-electron chi connectivity index (χ4n) is 4.37. The quantitative estimate of drug-likeness (QED) is 0.473. The van der Waals surface area contributed by atoms with E-state index in [9.17, 15) is 14.4 Å². The molecule has 1 fully saturated rings. The van der Waals surface area contributed by atoms with Gasteiger partial charge in [0.05, 0.1) is 24.8 Å². The topological polar surface area (TPSA) is 66.9 Å². The fraction of sp³-hybridized carbons (Fsp3) is 0.250. The summed E-state index contributed by atoms with van der Waals surface area (Å²) in [6.07, 6.45) is -0.0687. The molecule has 6 nitrogen and oxygen atoms in total. The van der Waals surface area contributed by atoms with Crippen LogP contribution in [0.2, 0.25) is 0 Å². The van der Waals surface area contributed by atoms with Crippen LogP contribution in [0, 0.1) is 6.92 Å². The highest BCUT2D eigenvalue weighted by molar-refractivity contribution is 6.23. The molecule has 1 aliphatic rings. The van der Waals surface area contributed by atoms with Crippen LogP contribution >= 0.6 is 0 Å². The summed E-state index contributed by atoms with van der Waals surface area (Å²) in [5.41, 5.74) is 2.80. The van der Waals surface area contributed by atoms with Gasteiger partial charge in [0, 0.05) is 5.56 Å². The maximum absolute atomic E-state index is 13.7. The Kier molecular flexibility index (Phi) is 6.77. The Hall–Kier alpha value is -3.93. The lowest BCUT2D eigenvalue weighted by Crippen LogP contribution is -2.46. The first-order valence-electron chi connectivity index (χ1n) is 11.4. The van der Waals surface area contributed by atoms with Crippen LogP contribution in [-0.4, -0.2) is 35.3 Å². The van der Waals surface area contributed by atoms with Crippen molar-refractivity contribution in [1.82, 2.24) is 4.90 Å². The number of hydrogen-bond acceptors (Lipinski definition) is 4. The largest absolute Gasteiger partial charge is 0.494 e. The van der Waals surface area contributed by atoms with E-state index >= 15 is 0 Å². The van der Waals surface area contributed by atoms with Crippen molar-refractivity contribution in [2.75, 3.05) is 11.5 Å². The molecular formula is C28H28N2O4. The van der Waals surface area contributed by atoms with Crippen molar-refractivity contribution in [3.05, 3.63) is 95.6 Å². The van der Waals surface area contributed by atoms with Crippen LogP contribution in [0.15, 0.2) is 78.9 Å². The van der Waals surface area contributed by atoms with E-state index in [0.717, 1.165) is 11.1 Å². The van der Waals surface area contributed by atoms with Gasteiger partial charge in [-0.15, -0.1) is 0 Å². The number of aryl methyl sites for hydroxylation is 1. The summed E-state index contributed by atoms with van der Waals surface area (Å²) >= 11 is 0. The summed E-state index contributed by atoms with van der Waals surface area (Å²) in [5, 5.41) is 0. The van der Waals surface area contributed by atoms with E-state index in [1.807, 2.05) is 63.2 Å². The predicted octanol–water partition coefficient (Wildman–Crippen LogP) is 4.93. The van der Waals surface area contributed by atoms with E-state index in [1.165, 1.54) is 4.90 Å². The van der Waals surface area contributed by atoms with Crippen molar-refractivity contribution in [3.8, 4) is 5.75 Å². The third-order valence-corrected chi connectivity index (χ3v) is 6.06. The first-order chi connectivity index (χ1) is 16.4. The van der Waals surface area contributed by atoms with Gasteiger partial charge in [0.25, 0.3) is 11.8 Å². The Balaban J connectivity index is 1.70. The molecule has 0 radical (unpaired) electrons. The highest BCUT2D eigenvalue weighted by atomic mass is 16.5. The average molecular weight is 457 g/mol. The fourth-order valence-corrected chi connectivity index (χ4v) is 4.37. The second kappa shape index (κ2) is 9.91. The van der Waals surface area contributed by atoms with E-state index in [-0.39, 0.29) is 18.2 Å². The second-order valence-corrected chi connectivity index (χ2v) is 8.38.